The van der Waals surface area contributed by atoms with Gasteiger partial charge in [-0.15, -0.1) is 10.2 Å². The molecule has 0 aliphatic carbocycles. The lowest BCUT2D eigenvalue weighted by Gasteiger charge is -2.36. The van der Waals surface area contributed by atoms with Gasteiger partial charge in [-0.25, -0.2) is 0 Å². The van der Waals surface area contributed by atoms with Crippen LogP contribution in [0.2, 0.25) is 10.3 Å². The predicted molar refractivity (Wildman–Crippen MR) is 66.5 cm³/mol. The molecular formula is C10H12Cl2N4O. The second-order valence-corrected chi connectivity index (χ2v) is 4.50. The molecule has 0 saturated carbocycles. The first-order chi connectivity index (χ1) is 8.13. The molecule has 0 bridgehead atoms. The standard InChI is InChI=1S/C10H12Cl2N4O/c1-2-6-10(17)13-3-4-16(6)7-5-8(11)14-15-9(7)12/h5-6H,2-4H2,1H3,(H,13,17). The number of anilines is 1. The van der Waals surface area contributed by atoms with Crippen LogP contribution in [-0.2, 0) is 4.79 Å². The van der Waals surface area contributed by atoms with Gasteiger partial charge < -0.3 is 10.2 Å². The lowest BCUT2D eigenvalue weighted by Crippen LogP contribution is -2.55. The van der Waals surface area contributed by atoms with Crippen LogP contribution in [0.15, 0.2) is 6.07 Å². The highest BCUT2D eigenvalue weighted by Crippen LogP contribution is 2.28. The second-order valence-electron chi connectivity index (χ2n) is 3.75. The van der Waals surface area contributed by atoms with Gasteiger partial charge in [-0.05, 0) is 6.42 Å². The summed E-state index contributed by atoms with van der Waals surface area (Å²) in [4.78, 5) is 13.7. The molecule has 1 N–H and O–H groups in total. The van der Waals surface area contributed by atoms with Crippen LogP contribution in [0.4, 0.5) is 5.69 Å². The van der Waals surface area contributed by atoms with E-state index in [1.807, 2.05) is 11.8 Å². The zero-order valence-electron chi connectivity index (χ0n) is 9.28. The average Bonchev–Trinajstić information content (AvgIpc) is 2.32. The fourth-order valence-electron chi connectivity index (χ4n) is 1.95. The van der Waals surface area contributed by atoms with Gasteiger partial charge in [0.25, 0.3) is 0 Å². The van der Waals surface area contributed by atoms with Crippen LogP contribution in [0.1, 0.15) is 13.3 Å². The van der Waals surface area contributed by atoms with Gasteiger partial charge in [-0.3, -0.25) is 4.79 Å². The maximum Gasteiger partial charge on any atom is 0.242 e. The highest BCUT2D eigenvalue weighted by atomic mass is 35.5. The number of amides is 1. The number of hydrogen-bond acceptors (Lipinski definition) is 4. The molecule has 92 valence electrons. The molecule has 2 heterocycles. The van der Waals surface area contributed by atoms with Crippen molar-refractivity contribution in [1.29, 1.82) is 0 Å². The van der Waals surface area contributed by atoms with Gasteiger partial charge in [0.1, 0.15) is 6.04 Å². The van der Waals surface area contributed by atoms with Crippen LogP contribution < -0.4 is 10.2 Å². The zero-order chi connectivity index (χ0) is 12.4. The molecule has 0 spiro atoms. The van der Waals surface area contributed by atoms with Gasteiger partial charge in [-0.2, -0.15) is 0 Å². The minimum Gasteiger partial charge on any atom is -0.355 e. The van der Waals surface area contributed by atoms with E-state index in [4.69, 9.17) is 23.2 Å². The molecule has 7 heteroatoms. The van der Waals surface area contributed by atoms with Crippen LogP contribution in [0.25, 0.3) is 0 Å². The van der Waals surface area contributed by atoms with Crippen molar-refractivity contribution in [2.24, 2.45) is 0 Å². The first-order valence-electron chi connectivity index (χ1n) is 5.36. The van der Waals surface area contributed by atoms with Crippen molar-refractivity contribution in [2.45, 2.75) is 19.4 Å². The highest BCUT2D eigenvalue weighted by molar-refractivity contribution is 6.33. The fourth-order valence-corrected chi connectivity index (χ4v) is 2.30. The number of nitrogens with one attached hydrogen (secondary N) is 1. The molecule has 1 aliphatic heterocycles. The van der Waals surface area contributed by atoms with Gasteiger partial charge in [-0.1, -0.05) is 30.1 Å². The summed E-state index contributed by atoms with van der Waals surface area (Å²) in [5, 5.41) is 10.8. The van der Waals surface area contributed by atoms with Gasteiger partial charge in [0.15, 0.2) is 10.3 Å². The van der Waals surface area contributed by atoms with E-state index in [0.29, 0.717) is 25.2 Å². The summed E-state index contributed by atoms with van der Waals surface area (Å²) in [7, 11) is 0. The van der Waals surface area contributed by atoms with Crippen molar-refractivity contribution in [3.63, 3.8) is 0 Å². The number of carbonyl (C=O) groups is 1. The second kappa shape index (κ2) is 5.06. The average molecular weight is 275 g/mol. The Labute approximate surface area is 109 Å². The molecule has 0 aromatic carbocycles. The van der Waals surface area contributed by atoms with Crippen molar-refractivity contribution >= 4 is 34.8 Å². The summed E-state index contributed by atoms with van der Waals surface area (Å²) < 4.78 is 0. The molecule has 1 aliphatic rings. The Bertz CT molecular complexity index is 440. The topological polar surface area (TPSA) is 58.1 Å². The normalized spacial score (nSPS) is 20.3. The third kappa shape index (κ3) is 2.45. The Morgan fingerprint density at radius 3 is 3.00 bits per heavy atom. The van der Waals surface area contributed by atoms with Crippen molar-refractivity contribution in [3.05, 3.63) is 16.4 Å². The maximum absolute atomic E-state index is 11.7. The summed E-state index contributed by atoms with van der Waals surface area (Å²) in [6.45, 7) is 3.23. The van der Waals surface area contributed by atoms with E-state index < -0.39 is 0 Å². The Hall–Kier alpha value is -1.07. The van der Waals surface area contributed by atoms with Gasteiger partial charge in [0.2, 0.25) is 5.91 Å². The summed E-state index contributed by atoms with van der Waals surface area (Å²) in [5.74, 6) is 0.00255. The van der Waals surface area contributed by atoms with Crippen molar-refractivity contribution in [3.8, 4) is 0 Å². The molecule has 1 fully saturated rings. The number of piperazine rings is 1. The van der Waals surface area contributed by atoms with E-state index >= 15 is 0 Å². The van der Waals surface area contributed by atoms with E-state index in [2.05, 4.69) is 15.5 Å². The molecule has 1 atom stereocenters. The SMILES string of the molecule is CCC1C(=O)NCCN1c1cc(Cl)nnc1Cl. The van der Waals surface area contributed by atoms with E-state index in [0.717, 1.165) is 0 Å². The van der Waals surface area contributed by atoms with Gasteiger partial charge in [0, 0.05) is 19.2 Å². The quantitative estimate of drug-likeness (QED) is 0.888. The summed E-state index contributed by atoms with van der Waals surface area (Å²) >= 11 is 11.8. The van der Waals surface area contributed by atoms with Crippen molar-refractivity contribution in [1.82, 2.24) is 15.5 Å². The lowest BCUT2D eigenvalue weighted by atomic mass is 10.1. The number of nitrogens with zero attached hydrogens (tertiary/aromatic N) is 3. The fraction of sp³-hybridized carbons (Fsp3) is 0.500. The third-order valence-corrected chi connectivity index (χ3v) is 3.18. The molecule has 17 heavy (non-hydrogen) atoms. The molecule has 1 aromatic heterocycles. The predicted octanol–water partition coefficient (Wildman–Crippen LogP) is 1.50. The van der Waals surface area contributed by atoms with Crippen molar-refractivity contribution < 1.29 is 4.79 Å². The van der Waals surface area contributed by atoms with Crippen LogP contribution in [0, 0.1) is 0 Å². The van der Waals surface area contributed by atoms with Crippen molar-refractivity contribution in [2.75, 3.05) is 18.0 Å². The summed E-state index contributed by atoms with van der Waals surface area (Å²) in [5.41, 5.74) is 0.661. The molecule has 5 nitrogen and oxygen atoms in total. The Balaban J connectivity index is 2.36. The van der Waals surface area contributed by atoms with Crippen LogP contribution in [0.5, 0.6) is 0 Å². The Kier molecular flexibility index (Phi) is 3.69. The number of carbonyl (C=O) groups excluding carboxylic acids is 1. The summed E-state index contributed by atoms with van der Waals surface area (Å²) in [6, 6.07) is 1.40. The van der Waals surface area contributed by atoms with E-state index in [1.54, 1.807) is 6.07 Å². The molecular weight excluding hydrogens is 263 g/mol. The molecule has 1 unspecified atom stereocenters. The van der Waals surface area contributed by atoms with E-state index in [-0.39, 0.29) is 22.3 Å². The largest absolute Gasteiger partial charge is 0.355 e. The highest BCUT2D eigenvalue weighted by Gasteiger charge is 2.29. The Morgan fingerprint density at radius 1 is 1.53 bits per heavy atom. The number of rotatable bonds is 2. The van der Waals surface area contributed by atoms with Crippen LogP contribution >= 0.6 is 23.2 Å². The molecule has 1 amide bonds. The lowest BCUT2D eigenvalue weighted by molar-refractivity contribution is -0.123. The molecule has 0 radical (unpaired) electrons. The first-order valence-corrected chi connectivity index (χ1v) is 6.12. The minimum absolute atomic E-state index is 0.00255. The van der Waals surface area contributed by atoms with Crippen LogP contribution in [0.3, 0.4) is 0 Å². The maximum atomic E-state index is 11.7. The zero-order valence-corrected chi connectivity index (χ0v) is 10.8. The third-order valence-electron chi connectivity index (χ3n) is 2.73. The minimum atomic E-state index is -0.235. The van der Waals surface area contributed by atoms with E-state index in [9.17, 15) is 4.79 Å². The smallest absolute Gasteiger partial charge is 0.242 e. The number of aromatic nitrogens is 2. The van der Waals surface area contributed by atoms with Gasteiger partial charge in [0.05, 0.1) is 5.69 Å². The Morgan fingerprint density at radius 2 is 2.29 bits per heavy atom. The monoisotopic (exact) mass is 274 g/mol. The summed E-state index contributed by atoms with van der Waals surface area (Å²) in [6.07, 6.45) is 0.697. The van der Waals surface area contributed by atoms with Gasteiger partial charge >= 0.3 is 0 Å². The number of hydrogen-bond donors (Lipinski definition) is 1. The molecule has 1 saturated heterocycles. The molecule has 1 aromatic rings. The van der Waals surface area contributed by atoms with Crippen LogP contribution in [-0.4, -0.2) is 35.2 Å². The van der Waals surface area contributed by atoms with E-state index in [1.165, 1.54) is 0 Å². The molecule has 2 rings (SSSR count). The number of halogens is 2. The first kappa shape index (κ1) is 12.4.